The molecular formula is C21H18BrNO3. The summed E-state index contributed by atoms with van der Waals surface area (Å²) in [5, 5.41) is 4.94. The SMILES string of the molecule is COC(=O)[C@H](Cc1cccc2ccccc12)NC(=O)c1cccc(Br)c1. The number of rotatable bonds is 5. The highest BCUT2D eigenvalue weighted by Gasteiger charge is 2.23. The second kappa shape index (κ2) is 8.15. The molecule has 0 aliphatic heterocycles. The van der Waals surface area contributed by atoms with Crippen molar-refractivity contribution in [2.24, 2.45) is 0 Å². The van der Waals surface area contributed by atoms with Crippen LogP contribution in [0.25, 0.3) is 10.8 Å². The average molecular weight is 412 g/mol. The van der Waals surface area contributed by atoms with E-state index in [0.717, 1.165) is 20.8 Å². The Labute approximate surface area is 160 Å². The third-order valence-corrected chi connectivity index (χ3v) is 4.68. The van der Waals surface area contributed by atoms with Crippen LogP contribution in [0.2, 0.25) is 0 Å². The molecule has 1 atom stereocenters. The van der Waals surface area contributed by atoms with Crippen molar-refractivity contribution >= 4 is 38.6 Å². The van der Waals surface area contributed by atoms with Gasteiger partial charge in [-0.3, -0.25) is 4.79 Å². The van der Waals surface area contributed by atoms with Crippen molar-refractivity contribution in [1.29, 1.82) is 0 Å². The zero-order valence-corrected chi connectivity index (χ0v) is 15.8. The van der Waals surface area contributed by atoms with E-state index in [4.69, 9.17) is 4.74 Å². The van der Waals surface area contributed by atoms with E-state index < -0.39 is 12.0 Å². The van der Waals surface area contributed by atoms with Crippen LogP contribution in [-0.4, -0.2) is 25.0 Å². The van der Waals surface area contributed by atoms with Crippen LogP contribution in [0, 0.1) is 0 Å². The third-order valence-electron chi connectivity index (χ3n) is 4.18. The molecule has 5 heteroatoms. The van der Waals surface area contributed by atoms with Gasteiger partial charge in [0.15, 0.2) is 0 Å². The Bertz CT molecular complexity index is 949. The first-order valence-corrected chi connectivity index (χ1v) is 8.98. The van der Waals surface area contributed by atoms with Gasteiger partial charge in [-0.2, -0.15) is 0 Å². The van der Waals surface area contributed by atoms with Gasteiger partial charge in [-0.15, -0.1) is 0 Å². The summed E-state index contributed by atoms with van der Waals surface area (Å²) in [6.07, 6.45) is 0.355. The molecule has 0 spiro atoms. The molecule has 4 nitrogen and oxygen atoms in total. The summed E-state index contributed by atoms with van der Waals surface area (Å²) in [4.78, 5) is 24.8. The Hall–Kier alpha value is -2.66. The van der Waals surface area contributed by atoms with Gasteiger partial charge in [0.05, 0.1) is 7.11 Å². The molecule has 1 N–H and O–H groups in total. The van der Waals surface area contributed by atoms with Gasteiger partial charge in [0, 0.05) is 16.5 Å². The molecule has 3 rings (SSSR count). The van der Waals surface area contributed by atoms with Crippen LogP contribution in [0.5, 0.6) is 0 Å². The molecule has 132 valence electrons. The minimum atomic E-state index is -0.766. The molecule has 0 heterocycles. The van der Waals surface area contributed by atoms with Crippen LogP contribution < -0.4 is 5.32 Å². The minimum absolute atomic E-state index is 0.318. The topological polar surface area (TPSA) is 55.4 Å². The van der Waals surface area contributed by atoms with Crippen LogP contribution in [0.15, 0.2) is 71.2 Å². The lowest BCUT2D eigenvalue weighted by Crippen LogP contribution is -2.43. The number of amides is 1. The van der Waals surface area contributed by atoms with Crippen molar-refractivity contribution in [2.75, 3.05) is 7.11 Å². The molecule has 0 aliphatic rings. The van der Waals surface area contributed by atoms with Gasteiger partial charge in [-0.05, 0) is 34.5 Å². The van der Waals surface area contributed by atoms with Crippen LogP contribution in [0.3, 0.4) is 0 Å². The lowest BCUT2D eigenvalue weighted by atomic mass is 9.98. The summed E-state index contributed by atoms with van der Waals surface area (Å²) >= 11 is 3.35. The first kappa shape index (κ1) is 18.1. The highest BCUT2D eigenvalue weighted by atomic mass is 79.9. The summed E-state index contributed by atoms with van der Waals surface area (Å²) in [6.45, 7) is 0. The molecule has 0 saturated carbocycles. The molecule has 0 unspecified atom stereocenters. The molecule has 0 fully saturated rings. The van der Waals surface area contributed by atoms with Crippen LogP contribution in [0.1, 0.15) is 15.9 Å². The first-order valence-electron chi connectivity index (χ1n) is 8.19. The smallest absolute Gasteiger partial charge is 0.328 e. The average Bonchev–Trinajstić information content (AvgIpc) is 2.67. The van der Waals surface area contributed by atoms with Gasteiger partial charge in [0.25, 0.3) is 5.91 Å². The molecule has 26 heavy (non-hydrogen) atoms. The summed E-state index contributed by atoms with van der Waals surface area (Å²) < 4.78 is 5.69. The van der Waals surface area contributed by atoms with Gasteiger partial charge in [-0.25, -0.2) is 4.79 Å². The van der Waals surface area contributed by atoms with E-state index in [1.165, 1.54) is 7.11 Å². The maximum absolute atomic E-state index is 12.5. The molecule has 1 amide bonds. The maximum atomic E-state index is 12.5. The van der Waals surface area contributed by atoms with Crippen LogP contribution >= 0.6 is 15.9 Å². The Balaban J connectivity index is 1.86. The van der Waals surface area contributed by atoms with Crippen molar-refractivity contribution in [3.63, 3.8) is 0 Å². The van der Waals surface area contributed by atoms with Crippen LogP contribution in [-0.2, 0) is 16.0 Å². The van der Waals surface area contributed by atoms with E-state index in [1.54, 1.807) is 18.2 Å². The number of hydrogen-bond donors (Lipinski definition) is 1. The Morgan fingerprint density at radius 2 is 1.77 bits per heavy atom. The first-order chi connectivity index (χ1) is 12.6. The summed E-state index contributed by atoms with van der Waals surface area (Å²) in [7, 11) is 1.32. The number of methoxy groups -OCH3 is 1. The van der Waals surface area contributed by atoms with E-state index in [0.29, 0.717) is 12.0 Å². The number of nitrogens with one attached hydrogen (secondary N) is 1. The van der Waals surface area contributed by atoms with Gasteiger partial charge in [-0.1, -0.05) is 64.5 Å². The monoisotopic (exact) mass is 411 g/mol. The van der Waals surface area contributed by atoms with Gasteiger partial charge in [0.1, 0.15) is 6.04 Å². The van der Waals surface area contributed by atoms with E-state index >= 15 is 0 Å². The predicted molar refractivity (Wildman–Crippen MR) is 105 cm³/mol. The fourth-order valence-electron chi connectivity index (χ4n) is 2.90. The second-order valence-electron chi connectivity index (χ2n) is 5.90. The summed E-state index contributed by atoms with van der Waals surface area (Å²) in [5.41, 5.74) is 1.46. The van der Waals surface area contributed by atoms with Crippen molar-refractivity contribution < 1.29 is 14.3 Å². The second-order valence-corrected chi connectivity index (χ2v) is 6.82. The lowest BCUT2D eigenvalue weighted by Gasteiger charge is -2.18. The number of fused-ring (bicyclic) bond motifs is 1. The normalized spacial score (nSPS) is 11.8. The highest BCUT2D eigenvalue weighted by molar-refractivity contribution is 9.10. The Kier molecular flexibility index (Phi) is 5.68. The number of ether oxygens (including phenoxy) is 1. The third kappa shape index (κ3) is 4.11. The molecule has 0 aromatic heterocycles. The fourth-order valence-corrected chi connectivity index (χ4v) is 3.30. The number of halogens is 1. The molecular weight excluding hydrogens is 394 g/mol. The van der Waals surface area contributed by atoms with E-state index in [1.807, 2.05) is 48.5 Å². The van der Waals surface area contributed by atoms with E-state index in [9.17, 15) is 9.59 Å². The maximum Gasteiger partial charge on any atom is 0.328 e. The number of hydrogen-bond acceptors (Lipinski definition) is 3. The number of carbonyl (C=O) groups is 2. The van der Waals surface area contributed by atoms with Crippen molar-refractivity contribution in [3.8, 4) is 0 Å². The van der Waals surface area contributed by atoms with Crippen molar-refractivity contribution in [3.05, 3.63) is 82.3 Å². The Morgan fingerprint density at radius 3 is 2.54 bits per heavy atom. The Morgan fingerprint density at radius 1 is 1.04 bits per heavy atom. The molecule has 0 aliphatic carbocycles. The quantitative estimate of drug-likeness (QED) is 0.642. The largest absolute Gasteiger partial charge is 0.467 e. The number of esters is 1. The molecule has 3 aromatic carbocycles. The summed E-state index contributed by atoms with van der Waals surface area (Å²) in [6, 6.07) is 20.1. The molecule has 0 bridgehead atoms. The van der Waals surface area contributed by atoms with E-state index in [2.05, 4.69) is 21.2 Å². The van der Waals surface area contributed by atoms with Crippen molar-refractivity contribution in [1.82, 2.24) is 5.32 Å². The minimum Gasteiger partial charge on any atom is -0.467 e. The summed E-state index contributed by atoms with van der Waals surface area (Å²) in [5.74, 6) is -0.789. The van der Waals surface area contributed by atoms with E-state index in [-0.39, 0.29) is 5.91 Å². The molecule has 0 saturated heterocycles. The van der Waals surface area contributed by atoms with Gasteiger partial charge in [0.2, 0.25) is 0 Å². The predicted octanol–water partition coefficient (Wildman–Crippen LogP) is 4.12. The zero-order chi connectivity index (χ0) is 18.5. The highest BCUT2D eigenvalue weighted by Crippen LogP contribution is 2.20. The molecule has 0 radical (unpaired) electrons. The zero-order valence-electron chi connectivity index (χ0n) is 14.2. The van der Waals surface area contributed by atoms with Gasteiger partial charge >= 0.3 is 5.97 Å². The number of carbonyl (C=O) groups excluding carboxylic acids is 2. The number of benzene rings is 3. The van der Waals surface area contributed by atoms with Crippen LogP contribution in [0.4, 0.5) is 0 Å². The fraction of sp³-hybridized carbons (Fsp3) is 0.143. The standard InChI is InChI=1S/C21H18BrNO3/c1-26-21(25)19(23-20(24)16-9-5-10-17(22)12-16)13-15-8-4-7-14-6-2-3-11-18(14)15/h2-12,19H,13H2,1H3,(H,23,24)/t19-/m0/s1. The van der Waals surface area contributed by atoms with Gasteiger partial charge < -0.3 is 10.1 Å². The van der Waals surface area contributed by atoms with Crippen molar-refractivity contribution in [2.45, 2.75) is 12.5 Å². The molecule has 3 aromatic rings. The lowest BCUT2D eigenvalue weighted by molar-refractivity contribution is -0.142.